The number of halogens is 2. The van der Waals surface area contributed by atoms with Gasteiger partial charge in [-0.15, -0.1) is 23.7 Å². The average Bonchev–Trinajstić information content (AvgIpc) is 2.77. The molecule has 1 aliphatic heterocycles. The molecule has 0 saturated carbocycles. The summed E-state index contributed by atoms with van der Waals surface area (Å²) in [7, 11) is 0. The van der Waals surface area contributed by atoms with Crippen molar-refractivity contribution in [2.75, 3.05) is 6.54 Å². The highest BCUT2D eigenvalue weighted by Crippen LogP contribution is 2.27. The van der Waals surface area contributed by atoms with E-state index in [0.717, 1.165) is 35.0 Å². The number of hydrogen-bond donors (Lipinski definition) is 2. The van der Waals surface area contributed by atoms with Gasteiger partial charge in [0.2, 0.25) is 5.91 Å². The first-order valence-electron chi connectivity index (χ1n) is 6.32. The van der Waals surface area contributed by atoms with Crippen LogP contribution in [0.25, 0.3) is 0 Å². The fraction of sp³-hybridized carbons (Fsp3) is 0.615. The summed E-state index contributed by atoms with van der Waals surface area (Å²) in [6, 6.07) is 3.84. The summed E-state index contributed by atoms with van der Waals surface area (Å²) < 4.78 is 0.758. The van der Waals surface area contributed by atoms with E-state index in [1.807, 2.05) is 26.0 Å². The molecule has 0 spiro atoms. The van der Waals surface area contributed by atoms with Crippen LogP contribution in [0.1, 0.15) is 44.0 Å². The van der Waals surface area contributed by atoms with Crippen molar-refractivity contribution >= 4 is 41.3 Å². The van der Waals surface area contributed by atoms with Crippen molar-refractivity contribution in [2.45, 2.75) is 44.7 Å². The lowest BCUT2D eigenvalue weighted by Gasteiger charge is -2.34. The molecule has 2 unspecified atom stereocenters. The molecule has 3 nitrogen and oxygen atoms in total. The maximum absolute atomic E-state index is 12.3. The maximum Gasteiger partial charge on any atom is 0.240 e. The van der Waals surface area contributed by atoms with Crippen LogP contribution in [-0.4, -0.2) is 18.0 Å². The molecule has 1 aliphatic rings. The molecule has 1 fully saturated rings. The zero-order valence-corrected chi connectivity index (χ0v) is 13.6. The molecule has 2 atom stereocenters. The number of carbonyl (C=O) groups is 1. The van der Waals surface area contributed by atoms with E-state index >= 15 is 0 Å². The Hall–Kier alpha value is -0.290. The molecular weight excluding hydrogens is 303 g/mol. The Morgan fingerprint density at radius 3 is 2.79 bits per heavy atom. The fourth-order valence-electron chi connectivity index (χ4n) is 2.24. The van der Waals surface area contributed by atoms with Crippen molar-refractivity contribution in [3.63, 3.8) is 0 Å². The van der Waals surface area contributed by atoms with E-state index in [0.29, 0.717) is 0 Å². The van der Waals surface area contributed by atoms with Crippen molar-refractivity contribution < 1.29 is 4.79 Å². The molecule has 0 aromatic carbocycles. The van der Waals surface area contributed by atoms with Crippen LogP contribution in [0.15, 0.2) is 12.1 Å². The van der Waals surface area contributed by atoms with Crippen LogP contribution in [0.4, 0.5) is 0 Å². The Labute approximate surface area is 129 Å². The quantitative estimate of drug-likeness (QED) is 0.893. The van der Waals surface area contributed by atoms with E-state index in [2.05, 4.69) is 10.6 Å². The average molecular weight is 323 g/mol. The second-order valence-electron chi connectivity index (χ2n) is 5.05. The second-order valence-corrected chi connectivity index (χ2v) is 6.80. The molecule has 1 aromatic heterocycles. The Morgan fingerprint density at radius 2 is 2.26 bits per heavy atom. The first-order chi connectivity index (χ1) is 8.51. The molecule has 2 heterocycles. The minimum atomic E-state index is -0.423. The predicted octanol–water partition coefficient (Wildman–Crippen LogP) is 3.53. The van der Waals surface area contributed by atoms with Gasteiger partial charge in [0, 0.05) is 4.88 Å². The topological polar surface area (TPSA) is 41.1 Å². The van der Waals surface area contributed by atoms with E-state index in [9.17, 15) is 4.79 Å². The van der Waals surface area contributed by atoms with Gasteiger partial charge in [-0.1, -0.05) is 11.6 Å². The largest absolute Gasteiger partial charge is 0.347 e. The Morgan fingerprint density at radius 1 is 1.53 bits per heavy atom. The second kappa shape index (κ2) is 6.93. The van der Waals surface area contributed by atoms with Gasteiger partial charge in [0.25, 0.3) is 0 Å². The number of hydrogen-bond acceptors (Lipinski definition) is 3. The Balaban J connectivity index is 0.00000180. The third-order valence-corrected chi connectivity index (χ3v) is 4.90. The molecule has 19 heavy (non-hydrogen) atoms. The van der Waals surface area contributed by atoms with Crippen molar-refractivity contribution in [1.29, 1.82) is 0 Å². The van der Waals surface area contributed by atoms with Crippen LogP contribution < -0.4 is 10.6 Å². The minimum Gasteiger partial charge on any atom is -0.347 e. The summed E-state index contributed by atoms with van der Waals surface area (Å²) in [4.78, 5) is 13.4. The van der Waals surface area contributed by atoms with Gasteiger partial charge in [0.05, 0.1) is 15.9 Å². The van der Waals surface area contributed by atoms with Crippen molar-refractivity contribution in [3.05, 3.63) is 21.3 Å². The summed E-state index contributed by atoms with van der Waals surface area (Å²) in [6.07, 6.45) is 3.16. The van der Waals surface area contributed by atoms with E-state index in [4.69, 9.17) is 11.6 Å². The van der Waals surface area contributed by atoms with Gasteiger partial charge in [-0.3, -0.25) is 4.79 Å². The molecule has 2 N–H and O–H groups in total. The first kappa shape index (κ1) is 16.8. The summed E-state index contributed by atoms with van der Waals surface area (Å²) in [6.45, 7) is 4.89. The zero-order valence-electron chi connectivity index (χ0n) is 11.2. The number of rotatable bonds is 3. The van der Waals surface area contributed by atoms with Gasteiger partial charge in [-0.25, -0.2) is 0 Å². The predicted molar refractivity (Wildman–Crippen MR) is 83.4 cm³/mol. The van der Waals surface area contributed by atoms with E-state index < -0.39 is 5.54 Å². The smallest absolute Gasteiger partial charge is 0.240 e. The zero-order chi connectivity index (χ0) is 13.2. The highest BCUT2D eigenvalue weighted by Gasteiger charge is 2.34. The number of thiophene rings is 1. The van der Waals surface area contributed by atoms with Gasteiger partial charge in [0.1, 0.15) is 0 Å². The molecule has 0 radical (unpaired) electrons. The maximum atomic E-state index is 12.3. The van der Waals surface area contributed by atoms with E-state index in [1.54, 1.807) is 0 Å². The molecule has 6 heteroatoms. The van der Waals surface area contributed by atoms with Crippen LogP contribution in [0.2, 0.25) is 4.34 Å². The monoisotopic (exact) mass is 322 g/mol. The number of piperidine rings is 1. The highest BCUT2D eigenvalue weighted by molar-refractivity contribution is 7.16. The van der Waals surface area contributed by atoms with Gasteiger partial charge >= 0.3 is 0 Å². The lowest BCUT2D eigenvalue weighted by molar-refractivity contribution is -0.128. The van der Waals surface area contributed by atoms with Crippen LogP contribution >= 0.6 is 35.3 Å². The van der Waals surface area contributed by atoms with Crippen molar-refractivity contribution in [3.8, 4) is 0 Å². The van der Waals surface area contributed by atoms with Gasteiger partial charge < -0.3 is 10.6 Å². The molecule has 2 rings (SSSR count). The molecule has 1 amide bonds. The number of carbonyl (C=O) groups excluding carboxylic acids is 1. The molecule has 0 aliphatic carbocycles. The Kier molecular flexibility index (Phi) is 6.12. The van der Waals surface area contributed by atoms with Crippen LogP contribution in [0.3, 0.4) is 0 Å². The van der Waals surface area contributed by atoms with E-state index in [-0.39, 0.29) is 24.4 Å². The molecule has 1 saturated heterocycles. The van der Waals surface area contributed by atoms with Gasteiger partial charge in [0.15, 0.2) is 0 Å². The highest BCUT2D eigenvalue weighted by atomic mass is 35.5. The van der Waals surface area contributed by atoms with Gasteiger partial charge in [-0.2, -0.15) is 0 Å². The lowest BCUT2D eigenvalue weighted by atomic mass is 9.90. The SMILES string of the molecule is CC(NC(=O)C1(C)CCCCN1)c1ccc(Cl)s1.Cl. The Bertz CT molecular complexity index is 430. The normalized spacial score (nSPS) is 24.4. The van der Waals surface area contributed by atoms with Crippen LogP contribution in [0.5, 0.6) is 0 Å². The lowest BCUT2D eigenvalue weighted by Crippen LogP contribution is -2.57. The van der Waals surface area contributed by atoms with Crippen molar-refractivity contribution in [1.82, 2.24) is 10.6 Å². The molecule has 108 valence electrons. The summed E-state index contributed by atoms with van der Waals surface area (Å²) in [5.74, 6) is 0.0826. The first-order valence-corrected chi connectivity index (χ1v) is 7.52. The summed E-state index contributed by atoms with van der Waals surface area (Å²) in [5, 5.41) is 6.39. The van der Waals surface area contributed by atoms with Gasteiger partial charge in [-0.05, 0) is 51.8 Å². The molecular formula is C13H20Cl2N2OS. The minimum absolute atomic E-state index is 0. The molecule has 0 bridgehead atoms. The van der Waals surface area contributed by atoms with Crippen LogP contribution in [0, 0.1) is 0 Å². The third-order valence-electron chi connectivity index (χ3n) is 3.49. The standard InChI is InChI=1S/C13H19ClN2OS.ClH/c1-9(10-5-6-11(14)18-10)16-12(17)13(2)7-3-4-8-15-13;/h5-6,9,15H,3-4,7-8H2,1-2H3,(H,16,17);1H. The summed E-state index contributed by atoms with van der Waals surface area (Å²) in [5.41, 5.74) is -0.423. The number of amides is 1. The fourth-order valence-corrected chi connectivity index (χ4v) is 3.30. The van der Waals surface area contributed by atoms with Crippen LogP contribution in [-0.2, 0) is 4.79 Å². The van der Waals surface area contributed by atoms with Crippen molar-refractivity contribution in [2.24, 2.45) is 0 Å². The van der Waals surface area contributed by atoms with E-state index in [1.165, 1.54) is 11.3 Å². The molecule has 1 aromatic rings. The third kappa shape index (κ3) is 4.09. The summed E-state index contributed by atoms with van der Waals surface area (Å²) >= 11 is 7.42. The number of nitrogens with one attached hydrogen (secondary N) is 2.